The summed E-state index contributed by atoms with van der Waals surface area (Å²) in [6.45, 7) is 3.10. The van der Waals surface area contributed by atoms with Crippen LogP contribution >= 0.6 is 0 Å². The molecule has 1 N–H and O–H groups in total. The average Bonchev–Trinajstić information content (AvgIpc) is 2.56. The van der Waals surface area contributed by atoms with E-state index in [2.05, 4.69) is 18.3 Å². The van der Waals surface area contributed by atoms with E-state index in [1.807, 2.05) is 0 Å². The van der Waals surface area contributed by atoms with Gasteiger partial charge < -0.3 is 5.32 Å². The molecule has 1 saturated carbocycles. The molecule has 0 spiro atoms. The molecule has 1 rings (SSSR count). The normalized spacial score (nSPS) is 20.7. The number of hydrogen-bond donors (Lipinski definition) is 1. The molecule has 68 valence electrons. The lowest BCUT2D eigenvalue weighted by Gasteiger charge is -2.19. The second kappa shape index (κ2) is 5.16. The average molecular weight is 166 g/mol. The topological polar surface area (TPSA) is 35.8 Å². The first-order valence-electron chi connectivity index (χ1n) is 4.95. The predicted molar refractivity (Wildman–Crippen MR) is 49.7 cm³/mol. The van der Waals surface area contributed by atoms with Crippen LogP contribution < -0.4 is 5.32 Å². The van der Waals surface area contributed by atoms with Crippen LogP contribution in [0.4, 0.5) is 0 Å². The highest BCUT2D eigenvalue weighted by atomic mass is 14.9. The molecule has 1 fully saturated rings. The Kier molecular flexibility index (Phi) is 4.10. The van der Waals surface area contributed by atoms with Crippen molar-refractivity contribution in [2.24, 2.45) is 5.92 Å². The molecular weight excluding hydrogens is 148 g/mol. The van der Waals surface area contributed by atoms with Crippen molar-refractivity contribution >= 4 is 0 Å². The summed E-state index contributed by atoms with van der Waals surface area (Å²) in [5.74, 6) is 0.865. The molecule has 1 atom stereocenters. The molecule has 0 aromatic heterocycles. The minimum Gasteiger partial charge on any atom is -0.313 e. The zero-order valence-corrected chi connectivity index (χ0v) is 7.84. The maximum absolute atomic E-state index is 8.35. The SMILES string of the molecule is C[C@H](NCCC#N)C1CCCC1. The molecule has 0 saturated heterocycles. The van der Waals surface area contributed by atoms with E-state index in [-0.39, 0.29) is 0 Å². The molecule has 0 aromatic carbocycles. The van der Waals surface area contributed by atoms with Crippen LogP contribution in [0.1, 0.15) is 39.0 Å². The van der Waals surface area contributed by atoms with Crippen LogP contribution in [0, 0.1) is 17.2 Å². The molecule has 0 unspecified atom stereocenters. The lowest BCUT2D eigenvalue weighted by atomic mass is 10.00. The van der Waals surface area contributed by atoms with Crippen molar-refractivity contribution < 1.29 is 0 Å². The standard InChI is InChI=1S/C10H18N2/c1-9(12-8-4-7-11)10-5-2-3-6-10/h9-10,12H,2-6,8H2,1H3/t9-/m0/s1. The van der Waals surface area contributed by atoms with E-state index in [9.17, 15) is 0 Å². The first kappa shape index (κ1) is 9.54. The Morgan fingerprint density at radius 2 is 2.17 bits per heavy atom. The minimum atomic E-state index is 0.612. The fourth-order valence-corrected chi connectivity index (χ4v) is 1.98. The summed E-state index contributed by atoms with van der Waals surface area (Å²) < 4.78 is 0. The van der Waals surface area contributed by atoms with E-state index >= 15 is 0 Å². The predicted octanol–water partition coefficient (Wildman–Crippen LogP) is 2.07. The van der Waals surface area contributed by atoms with Crippen LogP contribution in [-0.4, -0.2) is 12.6 Å². The summed E-state index contributed by atoms with van der Waals surface area (Å²) in [7, 11) is 0. The first-order valence-corrected chi connectivity index (χ1v) is 4.95. The molecule has 1 aliphatic carbocycles. The van der Waals surface area contributed by atoms with Crippen molar-refractivity contribution in [1.82, 2.24) is 5.32 Å². The maximum Gasteiger partial charge on any atom is 0.0635 e. The van der Waals surface area contributed by atoms with Gasteiger partial charge >= 0.3 is 0 Å². The summed E-state index contributed by atoms with van der Waals surface area (Å²) in [6, 6.07) is 2.76. The second-order valence-corrected chi connectivity index (χ2v) is 3.70. The van der Waals surface area contributed by atoms with Gasteiger partial charge in [-0.3, -0.25) is 0 Å². The highest BCUT2D eigenvalue weighted by molar-refractivity contribution is 4.79. The van der Waals surface area contributed by atoms with Crippen LogP contribution in [0.5, 0.6) is 0 Å². The van der Waals surface area contributed by atoms with Crippen LogP contribution in [-0.2, 0) is 0 Å². The van der Waals surface area contributed by atoms with Gasteiger partial charge in [-0.25, -0.2) is 0 Å². The first-order chi connectivity index (χ1) is 5.84. The molecule has 12 heavy (non-hydrogen) atoms. The van der Waals surface area contributed by atoms with Gasteiger partial charge in [0.25, 0.3) is 0 Å². The van der Waals surface area contributed by atoms with E-state index in [1.54, 1.807) is 0 Å². The van der Waals surface area contributed by atoms with Crippen molar-refractivity contribution in [1.29, 1.82) is 5.26 Å². The molecule has 0 amide bonds. The van der Waals surface area contributed by atoms with Crippen LogP contribution in [0.3, 0.4) is 0 Å². The van der Waals surface area contributed by atoms with E-state index in [1.165, 1.54) is 25.7 Å². The fourth-order valence-electron chi connectivity index (χ4n) is 1.98. The van der Waals surface area contributed by atoms with Gasteiger partial charge in [0.05, 0.1) is 6.07 Å². The number of hydrogen-bond acceptors (Lipinski definition) is 2. The van der Waals surface area contributed by atoms with Crippen molar-refractivity contribution in [3.05, 3.63) is 0 Å². The smallest absolute Gasteiger partial charge is 0.0635 e. The Balaban J connectivity index is 2.10. The second-order valence-electron chi connectivity index (χ2n) is 3.70. The Morgan fingerprint density at radius 1 is 1.50 bits per heavy atom. The van der Waals surface area contributed by atoms with Gasteiger partial charge in [-0.15, -0.1) is 0 Å². The van der Waals surface area contributed by atoms with Crippen LogP contribution in [0.25, 0.3) is 0 Å². The van der Waals surface area contributed by atoms with E-state index in [0.29, 0.717) is 12.5 Å². The molecule has 2 nitrogen and oxygen atoms in total. The van der Waals surface area contributed by atoms with Crippen molar-refractivity contribution in [3.63, 3.8) is 0 Å². The van der Waals surface area contributed by atoms with E-state index in [0.717, 1.165) is 12.5 Å². The van der Waals surface area contributed by atoms with E-state index in [4.69, 9.17) is 5.26 Å². The molecule has 0 bridgehead atoms. The number of nitriles is 1. The van der Waals surface area contributed by atoms with Gasteiger partial charge in [0.2, 0.25) is 0 Å². The lowest BCUT2D eigenvalue weighted by molar-refractivity contribution is 0.385. The lowest BCUT2D eigenvalue weighted by Crippen LogP contribution is -2.32. The van der Waals surface area contributed by atoms with Crippen LogP contribution in [0.2, 0.25) is 0 Å². The van der Waals surface area contributed by atoms with E-state index < -0.39 is 0 Å². The fraction of sp³-hybridized carbons (Fsp3) is 0.900. The third kappa shape index (κ3) is 2.83. The van der Waals surface area contributed by atoms with Crippen molar-refractivity contribution in [2.75, 3.05) is 6.54 Å². The van der Waals surface area contributed by atoms with Gasteiger partial charge in [0, 0.05) is 19.0 Å². The van der Waals surface area contributed by atoms with Gasteiger partial charge in [-0.05, 0) is 25.7 Å². The zero-order valence-electron chi connectivity index (χ0n) is 7.84. The van der Waals surface area contributed by atoms with Gasteiger partial charge in [0.15, 0.2) is 0 Å². The molecule has 1 aliphatic rings. The summed E-state index contributed by atoms with van der Waals surface area (Å²) in [5, 5.41) is 11.8. The Labute approximate surface area is 75.0 Å². The molecular formula is C10H18N2. The molecule has 0 aromatic rings. The maximum atomic E-state index is 8.35. The molecule has 2 heteroatoms. The van der Waals surface area contributed by atoms with Gasteiger partial charge in [0.1, 0.15) is 0 Å². The number of nitrogens with one attached hydrogen (secondary N) is 1. The largest absolute Gasteiger partial charge is 0.313 e. The summed E-state index contributed by atoms with van der Waals surface area (Å²) in [4.78, 5) is 0. The Bertz CT molecular complexity index is 154. The van der Waals surface area contributed by atoms with Gasteiger partial charge in [-0.2, -0.15) is 5.26 Å². The third-order valence-corrected chi connectivity index (χ3v) is 2.81. The van der Waals surface area contributed by atoms with Gasteiger partial charge in [-0.1, -0.05) is 12.8 Å². The quantitative estimate of drug-likeness (QED) is 0.649. The monoisotopic (exact) mass is 166 g/mol. The Morgan fingerprint density at radius 3 is 2.75 bits per heavy atom. The summed E-state index contributed by atoms with van der Waals surface area (Å²) in [5.41, 5.74) is 0. The summed E-state index contributed by atoms with van der Waals surface area (Å²) in [6.07, 6.45) is 6.18. The third-order valence-electron chi connectivity index (χ3n) is 2.81. The van der Waals surface area contributed by atoms with Crippen molar-refractivity contribution in [2.45, 2.75) is 45.1 Å². The zero-order chi connectivity index (χ0) is 8.81. The van der Waals surface area contributed by atoms with Crippen LogP contribution in [0.15, 0.2) is 0 Å². The Hall–Kier alpha value is -0.550. The summed E-state index contributed by atoms with van der Waals surface area (Å²) >= 11 is 0. The van der Waals surface area contributed by atoms with Crippen molar-refractivity contribution in [3.8, 4) is 6.07 Å². The molecule has 0 heterocycles. The minimum absolute atomic E-state index is 0.612. The molecule has 0 radical (unpaired) electrons. The highest BCUT2D eigenvalue weighted by Gasteiger charge is 2.20. The number of nitrogens with zero attached hydrogens (tertiary/aromatic N) is 1. The highest BCUT2D eigenvalue weighted by Crippen LogP contribution is 2.27. The number of rotatable bonds is 4. The molecule has 0 aliphatic heterocycles.